The van der Waals surface area contributed by atoms with Crippen LogP contribution in [0, 0.1) is 0 Å². The third-order valence-electron chi connectivity index (χ3n) is 3.94. The Kier molecular flexibility index (Phi) is 15.7. The molecule has 5 nitrogen and oxygen atoms in total. The van der Waals surface area contributed by atoms with E-state index in [1.807, 2.05) is 0 Å². The zero-order valence-corrected chi connectivity index (χ0v) is 19.6. The van der Waals surface area contributed by atoms with E-state index in [1.165, 1.54) is 82.0 Å². The number of hydrogen-bond donors (Lipinski definition) is 3. The van der Waals surface area contributed by atoms with E-state index in [0.29, 0.717) is 0 Å². The summed E-state index contributed by atoms with van der Waals surface area (Å²) in [5, 5.41) is 0. The molecular weight excluding hydrogens is 446 g/mol. The summed E-state index contributed by atoms with van der Waals surface area (Å²) >= 11 is 0. The number of rotatable bonds is 12. The average Bonchev–Trinajstić information content (AvgIpc) is 2.49. The van der Waals surface area contributed by atoms with Crippen molar-refractivity contribution in [2.75, 3.05) is 26.2 Å². The minimum atomic E-state index is -10.7. The topological polar surface area (TPSA) is 77.8 Å². The largest absolute Gasteiger partial charge is 0.466 e. The molecule has 0 spiro atoms. The maximum absolute atomic E-state index is 10.7. The van der Waals surface area contributed by atoms with Gasteiger partial charge in [-0.25, -0.2) is 4.57 Å². The van der Waals surface area contributed by atoms with Gasteiger partial charge >= 0.3 is 40.8 Å². The van der Waals surface area contributed by atoms with Gasteiger partial charge in [-0.1, -0.05) is 53.4 Å². The van der Waals surface area contributed by atoms with Gasteiger partial charge in [-0.05, 0) is 25.7 Å². The predicted molar refractivity (Wildman–Crippen MR) is 107 cm³/mol. The molecular formula is C16H39F6NO4P2. The van der Waals surface area contributed by atoms with E-state index in [9.17, 15) is 25.2 Å². The van der Waals surface area contributed by atoms with Crippen LogP contribution in [0.1, 0.15) is 79.1 Å². The normalized spacial score (nSPS) is 14.7. The Morgan fingerprint density at radius 2 is 0.759 bits per heavy atom. The zero-order chi connectivity index (χ0) is 23.9. The molecule has 0 saturated carbocycles. The third kappa shape index (κ3) is 47.4. The number of quaternary nitrogens is 1. The Balaban J connectivity index is -0.000000461. The second kappa shape index (κ2) is 13.5. The number of nitrogens with zero attached hydrogens (tertiary/aromatic N) is 1. The van der Waals surface area contributed by atoms with Gasteiger partial charge in [0.05, 0.1) is 26.2 Å². The molecule has 0 saturated heterocycles. The first-order chi connectivity index (χ1) is 12.7. The van der Waals surface area contributed by atoms with Crippen LogP contribution in [-0.4, -0.2) is 45.3 Å². The van der Waals surface area contributed by atoms with Crippen molar-refractivity contribution in [1.29, 1.82) is 0 Å². The molecule has 0 rings (SSSR count). The molecule has 0 aliphatic heterocycles. The van der Waals surface area contributed by atoms with Crippen LogP contribution in [0.4, 0.5) is 25.2 Å². The summed E-state index contributed by atoms with van der Waals surface area (Å²) < 4.78 is 69.5. The van der Waals surface area contributed by atoms with Gasteiger partial charge in [-0.2, -0.15) is 0 Å². The molecule has 3 N–H and O–H groups in total. The van der Waals surface area contributed by atoms with Crippen molar-refractivity contribution in [1.82, 2.24) is 0 Å². The fraction of sp³-hybridized carbons (Fsp3) is 1.00. The molecule has 0 aliphatic rings. The zero-order valence-electron chi connectivity index (χ0n) is 17.8. The summed E-state index contributed by atoms with van der Waals surface area (Å²) in [6, 6.07) is 0. The molecule has 0 bridgehead atoms. The second-order valence-electron chi connectivity index (χ2n) is 7.12. The quantitative estimate of drug-likeness (QED) is 0.152. The molecule has 0 radical (unpaired) electrons. The average molecular weight is 485 g/mol. The predicted octanol–water partition coefficient (Wildman–Crippen LogP) is 7.46. The van der Waals surface area contributed by atoms with E-state index in [1.54, 1.807) is 0 Å². The van der Waals surface area contributed by atoms with Gasteiger partial charge in [0.2, 0.25) is 0 Å². The molecule has 0 atom stereocenters. The van der Waals surface area contributed by atoms with Gasteiger partial charge in [0.1, 0.15) is 0 Å². The number of phosphoric acid groups is 1. The first-order valence-corrected chi connectivity index (χ1v) is 13.5. The van der Waals surface area contributed by atoms with Crippen LogP contribution in [0.25, 0.3) is 0 Å². The van der Waals surface area contributed by atoms with Crippen LogP contribution in [0.3, 0.4) is 0 Å². The van der Waals surface area contributed by atoms with Crippen LogP contribution < -0.4 is 0 Å². The van der Waals surface area contributed by atoms with E-state index in [4.69, 9.17) is 19.2 Å². The molecule has 184 valence electrons. The van der Waals surface area contributed by atoms with Crippen molar-refractivity contribution in [2.45, 2.75) is 79.1 Å². The molecule has 29 heavy (non-hydrogen) atoms. The van der Waals surface area contributed by atoms with Crippen molar-refractivity contribution in [3.05, 3.63) is 0 Å². The summed E-state index contributed by atoms with van der Waals surface area (Å²) in [6.07, 6.45) is 11.1. The van der Waals surface area contributed by atoms with Crippen LogP contribution in [0.15, 0.2) is 0 Å². The summed E-state index contributed by atoms with van der Waals surface area (Å²) in [5.41, 5.74) is 0. The van der Waals surface area contributed by atoms with Crippen LogP contribution >= 0.6 is 15.6 Å². The molecule has 0 aromatic rings. The number of unbranched alkanes of at least 4 members (excludes halogenated alkanes) is 4. The van der Waals surface area contributed by atoms with Gasteiger partial charge in [-0.3, -0.25) is 0 Å². The Morgan fingerprint density at radius 3 is 0.862 bits per heavy atom. The van der Waals surface area contributed by atoms with Gasteiger partial charge in [0.15, 0.2) is 0 Å². The Hall–Kier alpha value is 0.0800. The van der Waals surface area contributed by atoms with Gasteiger partial charge in [0, 0.05) is 0 Å². The summed E-state index contributed by atoms with van der Waals surface area (Å²) in [7, 11) is -15.3. The van der Waals surface area contributed by atoms with Crippen molar-refractivity contribution < 1.29 is 48.9 Å². The van der Waals surface area contributed by atoms with Crippen LogP contribution in [0.5, 0.6) is 0 Å². The molecule has 0 aliphatic carbocycles. The third-order valence-corrected chi connectivity index (χ3v) is 3.94. The molecule has 0 fully saturated rings. The minimum absolute atomic E-state index is 1.35. The summed E-state index contributed by atoms with van der Waals surface area (Å²) in [6.45, 7) is 15.0. The monoisotopic (exact) mass is 485 g/mol. The van der Waals surface area contributed by atoms with Gasteiger partial charge in [-0.15, -0.1) is 0 Å². The Morgan fingerprint density at radius 1 is 0.621 bits per heavy atom. The standard InChI is InChI=1S/C16H36N.F6P.H3O4P/c1-5-9-13-17(14-10-6-2,15-11-7-3)16-12-8-4;1-7(2,3,4,5)6;1-5(2,3)4/h5-16H2,1-4H3;;(H3,1,2,3,4)/q+1;-1;. The molecule has 0 amide bonds. The smallest absolute Gasteiger partial charge is 0.303 e. The second-order valence-corrected chi connectivity index (χ2v) is 10.1. The minimum Gasteiger partial charge on any atom is -0.303 e. The maximum Gasteiger partial charge on any atom is 0.466 e. The van der Waals surface area contributed by atoms with E-state index in [0.717, 1.165) is 0 Å². The van der Waals surface area contributed by atoms with Crippen molar-refractivity contribution in [3.63, 3.8) is 0 Å². The van der Waals surface area contributed by atoms with E-state index < -0.39 is 15.6 Å². The summed E-state index contributed by atoms with van der Waals surface area (Å²) in [5.74, 6) is 0. The van der Waals surface area contributed by atoms with Gasteiger partial charge in [0.25, 0.3) is 0 Å². The van der Waals surface area contributed by atoms with Crippen LogP contribution in [0.2, 0.25) is 0 Å². The first-order valence-electron chi connectivity index (χ1n) is 9.89. The van der Waals surface area contributed by atoms with Crippen molar-refractivity contribution in [3.8, 4) is 0 Å². The Bertz CT molecular complexity index is 400. The first kappa shape index (κ1) is 33.7. The molecule has 0 unspecified atom stereocenters. The van der Waals surface area contributed by atoms with Gasteiger partial charge < -0.3 is 19.2 Å². The summed E-state index contributed by atoms with van der Waals surface area (Å²) in [4.78, 5) is 21.6. The van der Waals surface area contributed by atoms with Crippen LogP contribution in [-0.2, 0) is 4.57 Å². The van der Waals surface area contributed by atoms with Crippen molar-refractivity contribution in [2.24, 2.45) is 0 Å². The fourth-order valence-electron chi connectivity index (χ4n) is 2.64. The maximum atomic E-state index is 9.87. The molecule has 13 heteroatoms. The molecule has 0 aromatic carbocycles. The Labute approximate surface area is 170 Å². The van der Waals surface area contributed by atoms with E-state index in [-0.39, 0.29) is 0 Å². The van der Waals surface area contributed by atoms with E-state index in [2.05, 4.69) is 27.7 Å². The fourth-order valence-corrected chi connectivity index (χ4v) is 2.64. The number of halogens is 6. The van der Waals surface area contributed by atoms with E-state index >= 15 is 0 Å². The molecule has 0 heterocycles. The van der Waals surface area contributed by atoms with Crippen molar-refractivity contribution >= 4 is 15.6 Å². The SMILES string of the molecule is CCCC[N+](CCCC)(CCCC)CCCC.F[P-](F)(F)(F)(F)F.O=P(O)(O)O. The number of hydrogen-bond acceptors (Lipinski definition) is 1. The molecule has 0 aromatic heterocycles.